The van der Waals surface area contributed by atoms with E-state index in [2.05, 4.69) is 14.9 Å². The highest BCUT2D eigenvalue weighted by Gasteiger charge is 2.45. The summed E-state index contributed by atoms with van der Waals surface area (Å²) >= 11 is 0. The molecule has 0 spiro atoms. The smallest absolute Gasteiger partial charge is 0.433 e. The third kappa shape index (κ3) is 4.66. The van der Waals surface area contributed by atoms with Crippen LogP contribution in [0.5, 0.6) is 17.4 Å². The van der Waals surface area contributed by atoms with E-state index in [0.29, 0.717) is 50.2 Å². The van der Waals surface area contributed by atoms with Crippen LogP contribution in [-0.2, 0) is 30.5 Å². The number of aromatic nitrogens is 3. The standard InChI is InChI=1S/C25H23F5N4O4/c1-3-16-21(32-23(35)33-12-24(2)13-36-7-6-34(24)22(16)33)37-11-14-8-17(26)20(18(27)9-14)38-15-4-5-31-19(10-15)25(28,29)30/h4-5,8-10H,3,6-7,11-13H2,1-2H3/t24-/m1/s1. The molecule has 5 rings (SSSR count). The molecule has 4 heterocycles. The molecule has 0 aliphatic carbocycles. The van der Waals surface area contributed by atoms with Crippen LogP contribution in [0.25, 0.3) is 0 Å². The maximum absolute atomic E-state index is 14.7. The Labute approximate surface area is 213 Å². The molecule has 13 heteroatoms. The zero-order chi connectivity index (χ0) is 27.2. The van der Waals surface area contributed by atoms with Gasteiger partial charge in [0, 0.05) is 18.8 Å². The number of hydrogen-bond donors (Lipinski definition) is 0. The molecule has 0 saturated carbocycles. The molecule has 0 unspecified atom stereocenters. The molecule has 202 valence electrons. The van der Waals surface area contributed by atoms with Crippen LogP contribution < -0.4 is 20.1 Å². The lowest BCUT2D eigenvalue weighted by Crippen LogP contribution is -2.53. The summed E-state index contributed by atoms with van der Waals surface area (Å²) < 4.78 is 86.1. The van der Waals surface area contributed by atoms with E-state index in [1.54, 1.807) is 4.57 Å². The molecule has 3 aromatic rings. The summed E-state index contributed by atoms with van der Waals surface area (Å²) in [6.07, 6.45) is -3.43. The second-order valence-corrected chi connectivity index (χ2v) is 9.30. The second-order valence-electron chi connectivity index (χ2n) is 9.30. The van der Waals surface area contributed by atoms with Gasteiger partial charge in [0.15, 0.2) is 17.4 Å². The van der Waals surface area contributed by atoms with Crippen molar-refractivity contribution in [3.8, 4) is 17.4 Å². The average molecular weight is 538 g/mol. The van der Waals surface area contributed by atoms with Gasteiger partial charge in [-0.05, 0) is 37.1 Å². The number of hydrogen-bond acceptors (Lipinski definition) is 7. The number of benzene rings is 1. The van der Waals surface area contributed by atoms with Crippen LogP contribution in [0.15, 0.2) is 35.3 Å². The molecule has 38 heavy (non-hydrogen) atoms. The Morgan fingerprint density at radius 1 is 1.18 bits per heavy atom. The Morgan fingerprint density at radius 3 is 2.61 bits per heavy atom. The first-order valence-electron chi connectivity index (χ1n) is 11.8. The molecule has 0 N–H and O–H groups in total. The normalized spacial score (nSPS) is 18.8. The minimum Gasteiger partial charge on any atom is -0.472 e. The number of halogens is 5. The summed E-state index contributed by atoms with van der Waals surface area (Å²) in [6.45, 7) is 5.55. The number of anilines is 1. The van der Waals surface area contributed by atoms with E-state index < -0.39 is 46.2 Å². The maximum atomic E-state index is 14.7. The van der Waals surface area contributed by atoms with Gasteiger partial charge in [-0.25, -0.2) is 13.6 Å². The van der Waals surface area contributed by atoms with Crippen molar-refractivity contribution in [2.45, 2.75) is 45.1 Å². The number of fused-ring (bicyclic) bond motifs is 3. The molecule has 1 fully saturated rings. The lowest BCUT2D eigenvalue weighted by molar-refractivity contribution is -0.141. The third-order valence-electron chi connectivity index (χ3n) is 6.52. The Kier molecular flexibility index (Phi) is 6.49. The summed E-state index contributed by atoms with van der Waals surface area (Å²) in [7, 11) is 0. The molecule has 1 saturated heterocycles. The maximum Gasteiger partial charge on any atom is 0.433 e. The van der Waals surface area contributed by atoms with Gasteiger partial charge in [0.05, 0.1) is 30.9 Å². The van der Waals surface area contributed by atoms with E-state index in [9.17, 15) is 26.7 Å². The first-order chi connectivity index (χ1) is 18.0. The number of nitrogens with zero attached hydrogens (tertiary/aromatic N) is 4. The molecule has 0 amide bonds. The highest BCUT2D eigenvalue weighted by atomic mass is 19.4. The minimum absolute atomic E-state index is 0.0668. The highest BCUT2D eigenvalue weighted by Crippen LogP contribution is 2.40. The number of alkyl halides is 3. The van der Waals surface area contributed by atoms with Crippen molar-refractivity contribution in [3.05, 3.63) is 69.4 Å². The fraction of sp³-hybridized carbons (Fsp3) is 0.400. The van der Waals surface area contributed by atoms with E-state index in [0.717, 1.165) is 24.4 Å². The Morgan fingerprint density at radius 2 is 1.92 bits per heavy atom. The van der Waals surface area contributed by atoms with Gasteiger partial charge >= 0.3 is 11.9 Å². The van der Waals surface area contributed by atoms with Gasteiger partial charge in [0.25, 0.3) is 0 Å². The Hall–Kier alpha value is -3.74. The summed E-state index contributed by atoms with van der Waals surface area (Å²) in [5, 5.41) is 0. The first-order valence-corrected chi connectivity index (χ1v) is 11.8. The zero-order valence-electron chi connectivity index (χ0n) is 20.4. The molecule has 0 bridgehead atoms. The first kappa shape index (κ1) is 25.9. The quantitative estimate of drug-likeness (QED) is 0.429. The van der Waals surface area contributed by atoms with Crippen LogP contribution >= 0.6 is 0 Å². The van der Waals surface area contributed by atoms with Crippen LogP contribution in [0.2, 0.25) is 0 Å². The number of rotatable bonds is 6. The van der Waals surface area contributed by atoms with Crippen LogP contribution in [0, 0.1) is 11.6 Å². The summed E-state index contributed by atoms with van der Waals surface area (Å²) in [5.41, 5.74) is -1.40. The van der Waals surface area contributed by atoms with Crippen molar-refractivity contribution < 1.29 is 36.2 Å². The van der Waals surface area contributed by atoms with Gasteiger partial charge in [-0.15, -0.1) is 0 Å². The van der Waals surface area contributed by atoms with Crippen molar-refractivity contribution in [1.82, 2.24) is 14.5 Å². The topological polar surface area (TPSA) is 78.7 Å². The Balaban J connectivity index is 1.38. The third-order valence-corrected chi connectivity index (χ3v) is 6.52. The van der Waals surface area contributed by atoms with Crippen molar-refractivity contribution in [2.24, 2.45) is 0 Å². The average Bonchev–Trinajstić information content (AvgIpc) is 3.18. The van der Waals surface area contributed by atoms with E-state index in [4.69, 9.17) is 14.2 Å². The van der Waals surface area contributed by atoms with E-state index in [-0.39, 0.29) is 18.1 Å². The van der Waals surface area contributed by atoms with Crippen LogP contribution in [0.3, 0.4) is 0 Å². The fourth-order valence-corrected chi connectivity index (χ4v) is 4.77. The van der Waals surface area contributed by atoms with Crippen LogP contribution in [0.1, 0.15) is 30.7 Å². The van der Waals surface area contributed by atoms with Gasteiger partial charge < -0.3 is 19.1 Å². The molecule has 0 radical (unpaired) electrons. The van der Waals surface area contributed by atoms with Crippen molar-refractivity contribution in [1.29, 1.82) is 0 Å². The summed E-state index contributed by atoms with van der Waals surface area (Å²) in [6, 6.07) is 3.47. The zero-order valence-corrected chi connectivity index (χ0v) is 20.4. The minimum atomic E-state index is -4.75. The molecular weight excluding hydrogens is 515 g/mol. The van der Waals surface area contributed by atoms with Gasteiger partial charge in [0.2, 0.25) is 5.88 Å². The van der Waals surface area contributed by atoms with Gasteiger partial charge in [-0.3, -0.25) is 9.55 Å². The van der Waals surface area contributed by atoms with E-state index in [1.807, 2.05) is 13.8 Å². The molecule has 2 aliphatic heterocycles. The fourth-order valence-electron chi connectivity index (χ4n) is 4.77. The largest absolute Gasteiger partial charge is 0.472 e. The molecule has 1 atom stereocenters. The SMILES string of the molecule is CCc1c(OCc2cc(F)c(Oc3ccnc(C(F)(F)F)c3)c(F)c2)nc(=O)n2c1N1CCOC[C@@]1(C)C2. The van der Waals surface area contributed by atoms with Crippen LogP contribution in [0.4, 0.5) is 27.8 Å². The monoisotopic (exact) mass is 538 g/mol. The molecule has 1 aromatic carbocycles. The van der Waals surface area contributed by atoms with Crippen molar-refractivity contribution in [2.75, 3.05) is 24.7 Å². The molecular formula is C25H23F5N4O4. The summed E-state index contributed by atoms with van der Waals surface area (Å²) in [4.78, 5) is 22.2. The molecule has 2 aromatic heterocycles. The van der Waals surface area contributed by atoms with E-state index >= 15 is 0 Å². The van der Waals surface area contributed by atoms with Gasteiger partial charge in [-0.2, -0.15) is 18.2 Å². The van der Waals surface area contributed by atoms with Gasteiger partial charge in [-0.1, -0.05) is 6.92 Å². The van der Waals surface area contributed by atoms with E-state index in [1.165, 1.54) is 0 Å². The number of ether oxygens (including phenoxy) is 3. The highest BCUT2D eigenvalue weighted by molar-refractivity contribution is 5.57. The van der Waals surface area contributed by atoms with Crippen molar-refractivity contribution >= 4 is 5.82 Å². The molecule has 8 nitrogen and oxygen atoms in total. The van der Waals surface area contributed by atoms with Crippen molar-refractivity contribution in [3.63, 3.8) is 0 Å². The predicted octanol–water partition coefficient (Wildman–Crippen LogP) is 4.48. The predicted molar refractivity (Wildman–Crippen MR) is 124 cm³/mol. The lowest BCUT2D eigenvalue weighted by Gasteiger charge is -2.40. The number of morpholine rings is 1. The second kappa shape index (κ2) is 9.53. The molecule has 2 aliphatic rings. The Bertz CT molecular complexity index is 1420. The van der Waals surface area contributed by atoms with Gasteiger partial charge in [0.1, 0.15) is 23.9 Å². The number of pyridine rings is 1. The lowest BCUT2D eigenvalue weighted by atomic mass is 10.0. The summed E-state index contributed by atoms with van der Waals surface area (Å²) in [5.74, 6) is -2.82. The van der Waals surface area contributed by atoms with Crippen LogP contribution in [-0.4, -0.2) is 39.8 Å².